The molecule has 0 saturated heterocycles. The highest BCUT2D eigenvalue weighted by Crippen LogP contribution is 2.46. The van der Waals surface area contributed by atoms with Crippen molar-refractivity contribution >= 4 is 22.6 Å². The summed E-state index contributed by atoms with van der Waals surface area (Å²) in [7, 11) is 0. The first-order valence-electron chi connectivity index (χ1n) is 15.1. The zero-order valence-electron chi connectivity index (χ0n) is 25.0. The average molecular weight is 575 g/mol. The summed E-state index contributed by atoms with van der Waals surface area (Å²) in [5, 5.41) is 18.9. The first kappa shape index (κ1) is 28.7. The Morgan fingerprint density at radius 3 is 2.64 bits per heavy atom. The fraction of sp³-hybridized carbons (Fsp3) is 0.515. The van der Waals surface area contributed by atoms with Crippen molar-refractivity contribution in [3.05, 3.63) is 61.7 Å². The number of nitrogens with zero attached hydrogens (tertiary/aromatic N) is 2. The maximum atomic E-state index is 15.1. The van der Waals surface area contributed by atoms with E-state index in [-0.39, 0.29) is 60.5 Å². The SMILES string of the molecule is CC[C@@]1(O)C(=O)CCc2c1cc1n(c2=O)Cc2c-1nc1cc(F)c(C)c3c1c2[C@@H](NC(=O)CCCNC(C)(C)C)CC3. The van der Waals surface area contributed by atoms with E-state index in [1.807, 2.05) is 0 Å². The molecule has 9 heteroatoms. The molecule has 222 valence electrons. The number of halogens is 1. The highest BCUT2D eigenvalue weighted by atomic mass is 19.1. The Morgan fingerprint density at radius 2 is 1.93 bits per heavy atom. The number of benzene rings is 1. The van der Waals surface area contributed by atoms with Gasteiger partial charge in [0.25, 0.3) is 5.56 Å². The Morgan fingerprint density at radius 1 is 1.17 bits per heavy atom. The molecule has 2 atom stereocenters. The number of ketones is 1. The van der Waals surface area contributed by atoms with Crippen LogP contribution in [0.15, 0.2) is 16.9 Å². The molecule has 0 fully saturated rings. The van der Waals surface area contributed by atoms with E-state index < -0.39 is 5.60 Å². The summed E-state index contributed by atoms with van der Waals surface area (Å²) < 4.78 is 16.8. The number of aliphatic hydroxyl groups is 1. The van der Waals surface area contributed by atoms with E-state index in [0.717, 1.165) is 28.6 Å². The van der Waals surface area contributed by atoms with Gasteiger partial charge in [0, 0.05) is 46.5 Å². The quantitative estimate of drug-likeness (QED) is 0.297. The van der Waals surface area contributed by atoms with E-state index in [4.69, 9.17) is 4.98 Å². The smallest absolute Gasteiger partial charge is 0.254 e. The van der Waals surface area contributed by atoms with Gasteiger partial charge in [-0.25, -0.2) is 9.37 Å². The molecule has 2 aromatic heterocycles. The summed E-state index contributed by atoms with van der Waals surface area (Å²) in [6.07, 6.45) is 2.86. The molecule has 3 aromatic rings. The van der Waals surface area contributed by atoms with Gasteiger partial charge in [-0.15, -0.1) is 0 Å². The number of nitrogens with one attached hydrogen (secondary N) is 2. The van der Waals surface area contributed by atoms with Crippen LogP contribution in [0.1, 0.15) is 99.2 Å². The zero-order valence-corrected chi connectivity index (χ0v) is 25.0. The summed E-state index contributed by atoms with van der Waals surface area (Å²) >= 11 is 0. The summed E-state index contributed by atoms with van der Waals surface area (Å²) in [4.78, 5) is 44.6. The highest BCUT2D eigenvalue weighted by molar-refractivity contribution is 5.94. The number of aromatic nitrogens is 2. The molecule has 3 aliphatic rings. The molecule has 0 bridgehead atoms. The molecule has 8 nitrogen and oxygen atoms in total. The molecule has 3 heterocycles. The van der Waals surface area contributed by atoms with Crippen molar-refractivity contribution in [1.29, 1.82) is 0 Å². The fourth-order valence-corrected chi connectivity index (χ4v) is 7.06. The zero-order chi connectivity index (χ0) is 30.1. The molecule has 2 aliphatic carbocycles. The minimum absolute atomic E-state index is 0.0215. The second kappa shape index (κ2) is 10.1. The molecule has 3 N–H and O–H groups in total. The topological polar surface area (TPSA) is 113 Å². The number of Topliss-reactive ketones (excluding diaryl/α,β-unsaturated/α-hetero) is 1. The lowest BCUT2D eigenvalue weighted by Crippen LogP contribution is -2.43. The van der Waals surface area contributed by atoms with E-state index in [0.29, 0.717) is 59.3 Å². The number of hydrogen-bond donors (Lipinski definition) is 3. The number of rotatable bonds is 6. The van der Waals surface area contributed by atoms with Crippen LogP contribution < -0.4 is 16.2 Å². The van der Waals surface area contributed by atoms with Crippen molar-refractivity contribution in [1.82, 2.24) is 20.2 Å². The number of amides is 1. The first-order valence-corrected chi connectivity index (χ1v) is 15.1. The maximum absolute atomic E-state index is 15.1. The van der Waals surface area contributed by atoms with Gasteiger partial charge in [-0.1, -0.05) is 6.92 Å². The maximum Gasteiger partial charge on any atom is 0.254 e. The molecule has 0 spiro atoms. The number of hydrogen-bond acceptors (Lipinski definition) is 6. The lowest BCUT2D eigenvalue weighted by atomic mass is 9.77. The van der Waals surface area contributed by atoms with Crippen LogP contribution in [0, 0.1) is 12.7 Å². The van der Waals surface area contributed by atoms with Crippen LogP contribution >= 0.6 is 0 Å². The van der Waals surface area contributed by atoms with Gasteiger partial charge in [-0.3, -0.25) is 14.4 Å². The predicted octanol–water partition coefficient (Wildman–Crippen LogP) is 4.26. The summed E-state index contributed by atoms with van der Waals surface area (Å²) in [6.45, 7) is 10.8. The third-order valence-corrected chi connectivity index (χ3v) is 9.33. The van der Waals surface area contributed by atoms with Crippen molar-refractivity contribution in [2.24, 2.45) is 0 Å². The van der Waals surface area contributed by atoms with Gasteiger partial charge in [-0.2, -0.15) is 0 Å². The van der Waals surface area contributed by atoms with E-state index in [1.165, 1.54) is 6.07 Å². The van der Waals surface area contributed by atoms with Crippen molar-refractivity contribution in [2.45, 2.75) is 103 Å². The van der Waals surface area contributed by atoms with Gasteiger partial charge in [0.1, 0.15) is 11.4 Å². The van der Waals surface area contributed by atoms with Crippen LogP contribution in [0.25, 0.3) is 22.3 Å². The first-order chi connectivity index (χ1) is 19.8. The van der Waals surface area contributed by atoms with E-state index >= 15 is 4.39 Å². The van der Waals surface area contributed by atoms with Gasteiger partial charge in [0.15, 0.2) is 5.78 Å². The standard InChI is InChI=1S/C33H39FN4O4/c1-6-33(42)21-14-25-30-20(16-38(25)31(41)19(21)10-12-26(33)39)29-23(36-27(40)8-7-13-35-32(3,4)5)11-9-18-17(2)22(34)15-24(37-30)28(18)29/h14-15,23,35,42H,6-13,16H2,1-5H3,(H,36,40)/t23-,33-/m0/s1. The molecule has 0 unspecified atom stereocenters. The minimum Gasteiger partial charge on any atom is -0.377 e. The fourth-order valence-electron chi connectivity index (χ4n) is 7.06. The second-order valence-electron chi connectivity index (χ2n) is 13.1. The van der Waals surface area contributed by atoms with E-state index in [1.54, 1.807) is 24.5 Å². The molecule has 0 saturated carbocycles. The average Bonchev–Trinajstić information content (AvgIpc) is 3.30. The number of fused-ring (bicyclic) bond motifs is 5. The minimum atomic E-state index is -1.72. The Labute approximate surface area is 244 Å². The van der Waals surface area contributed by atoms with Crippen LogP contribution in [-0.4, -0.2) is 38.4 Å². The lowest BCUT2D eigenvalue weighted by Gasteiger charge is -2.32. The van der Waals surface area contributed by atoms with Crippen LogP contribution in [0.2, 0.25) is 0 Å². The van der Waals surface area contributed by atoms with Gasteiger partial charge in [0.2, 0.25) is 5.91 Å². The monoisotopic (exact) mass is 574 g/mol. The number of carbonyl (C=O) groups excluding carboxylic acids is 2. The molecule has 6 rings (SSSR count). The largest absolute Gasteiger partial charge is 0.377 e. The van der Waals surface area contributed by atoms with Gasteiger partial charge in [-0.05, 0) is 89.1 Å². The van der Waals surface area contributed by atoms with Crippen LogP contribution in [0.3, 0.4) is 0 Å². The Kier molecular flexibility index (Phi) is 6.89. The third-order valence-electron chi connectivity index (χ3n) is 9.33. The highest BCUT2D eigenvalue weighted by Gasteiger charge is 2.44. The molecule has 42 heavy (non-hydrogen) atoms. The van der Waals surface area contributed by atoms with Crippen LogP contribution in [-0.2, 0) is 34.6 Å². The summed E-state index contributed by atoms with van der Waals surface area (Å²) in [5.74, 6) is -0.674. The number of carbonyl (C=O) groups is 2. The predicted molar refractivity (Wildman–Crippen MR) is 159 cm³/mol. The normalized spacial score (nSPS) is 20.8. The number of pyridine rings is 2. The molecule has 0 radical (unpaired) electrons. The van der Waals surface area contributed by atoms with Crippen molar-refractivity contribution in [3.63, 3.8) is 0 Å². The van der Waals surface area contributed by atoms with Gasteiger partial charge in [0.05, 0.1) is 29.5 Å². The van der Waals surface area contributed by atoms with Gasteiger partial charge < -0.3 is 20.3 Å². The Bertz CT molecular complexity index is 1720. The van der Waals surface area contributed by atoms with Gasteiger partial charge >= 0.3 is 0 Å². The van der Waals surface area contributed by atoms with Crippen molar-refractivity contribution < 1.29 is 19.1 Å². The van der Waals surface area contributed by atoms with Crippen molar-refractivity contribution in [2.75, 3.05) is 6.54 Å². The molecule has 1 amide bonds. The summed E-state index contributed by atoms with van der Waals surface area (Å²) in [5.41, 5.74) is 3.58. The summed E-state index contributed by atoms with van der Waals surface area (Å²) in [6, 6.07) is 2.86. The lowest BCUT2D eigenvalue weighted by molar-refractivity contribution is -0.140. The molecule has 1 aromatic carbocycles. The molecular formula is C33H39FN4O4. The molecular weight excluding hydrogens is 535 g/mol. The third kappa shape index (κ3) is 4.48. The van der Waals surface area contributed by atoms with Crippen LogP contribution in [0.5, 0.6) is 0 Å². The molecule has 1 aliphatic heterocycles. The van der Waals surface area contributed by atoms with Crippen molar-refractivity contribution in [3.8, 4) is 11.4 Å². The van der Waals surface area contributed by atoms with E-state index in [2.05, 4.69) is 31.4 Å². The van der Waals surface area contributed by atoms with Crippen LogP contribution in [0.4, 0.5) is 4.39 Å². The number of aryl methyl sites for hydroxylation is 1. The second-order valence-corrected chi connectivity index (χ2v) is 13.1. The Balaban J connectivity index is 1.46. The Hall–Kier alpha value is -3.43. The van der Waals surface area contributed by atoms with E-state index in [9.17, 15) is 19.5 Å².